The van der Waals surface area contributed by atoms with Gasteiger partial charge >= 0.3 is 0 Å². The van der Waals surface area contributed by atoms with Crippen LogP contribution in [0.2, 0.25) is 0 Å². The fraction of sp³-hybridized carbons (Fsp3) is 0.220. The normalized spacial score (nSPS) is 11.2. The number of hydrogen-bond donors (Lipinski definition) is 1. The van der Waals surface area contributed by atoms with Crippen LogP contribution in [0.15, 0.2) is 127 Å². The number of nitrogens with zero attached hydrogens (tertiary/aromatic N) is 2. The Morgan fingerprint density at radius 3 is 2.04 bits per heavy atom. The van der Waals surface area contributed by atoms with E-state index in [0.717, 1.165) is 62.6 Å². The quantitative estimate of drug-likeness (QED) is 0.0749. The SMILES string of the molecule is CCC(C)(CC)/C(O)=C/C(C)=O.Cc1[c-]c(-c2nccc3c2cc(F)c2ccccc23)cc(C)c1.Cc1cccc(C)c1-c1ccc(-c2[c-]cccc2)nc1.[Ir]. The molecule has 0 saturated heterocycles. The van der Waals surface area contributed by atoms with Crippen molar-refractivity contribution in [2.45, 2.75) is 68.2 Å². The second kappa shape index (κ2) is 19.5. The maximum Gasteiger partial charge on any atom is 0.155 e. The molecule has 289 valence electrons. The van der Waals surface area contributed by atoms with Gasteiger partial charge in [0.1, 0.15) is 11.6 Å². The summed E-state index contributed by atoms with van der Waals surface area (Å²) in [6, 6.07) is 40.2. The van der Waals surface area contributed by atoms with Crippen molar-refractivity contribution in [3.8, 4) is 33.6 Å². The molecule has 0 atom stereocenters. The van der Waals surface area contributed by atoms with Crippen LogP contribution in [0.4, 0.5) is 4.39 Å². The number of halogens is 1. The second-order valence-corrected chi connectivity index (χ2v) is 14.3. The zero-order valence-corrected chi connectivity index (χ0v) is 35.8. The average Bonchev–Trinajstić information content (AvgIpc) is 3.18. The van der Waals surface area contributed by atoms with Crippen LogP contribution < -0.4 is 0 Å². The van der Waals surface area contributed by atoms with Crippen molar-refractivity contribution in [1.82, 2.24) is 9.97 Å². The number of benzene rings is 5. The first kappa shape index (κ1) is 43.4. The van der Waals surface area contributed by atoms with Crippen LogP contribution in [0.1, 0.15) is 62.8 Å². The Hall–Kier alpha value is -5.29. The Kier molecular flexibility index (Phi) is 15.1. The van der Waals surface area contributed by atoms with Crippen LogP contribution in [0.25, 0.3) is 55.2 Å². The molecular weight excluding hydrogens is 872 g/mol. The van der Waals surface area contributed by atoms with E-state index in [9.17, 15) is 14.3 Å². The van der Waals surface area contributed by atoms with E-state index in [-0.39, 0.29) is 42.9 Å². The maximum absolute atomic E-state index is 14.5. The summed E-state index contributed by atoms with van der Waals surface area (Å²) >= 11 is 0. The third-order valence-electron chi connectivity index (χ3n) is 10.2. The van der Waals surface area contributed by atoms with E-state index in [1.54, 1.807) is 12.3 Å². The Morgan fingerprint density at radius 1 is 0.786 bits per heavy atom. The van der Waals surface area contributed by atoms with E-state index in [1.165, 1.54) is 35.3 Å². The Morgan fingerprint density at radius 2 is 1.45 bits per heavy atom. The summed E-state index contributed by atoms with van der Waals surface area (Å²) in [5, 5.41) is 13.0. The molecule has 5 aromatic carbocycles. The first-order valence-corrected chi connectivity index (χ1v) is 18.7. The summed E-state index contributed by atoms with van der Waals surface area (Å²) in [5.74, 6) is -0.104. The van der Waals surface area contributed by atoms with Crippen molar-refractivity contribution in [3.63, 3.8) is 0 Å². The largest absolute Gasteiger partial charge is 0.512 e. The smallest absolute Gasteiger partial charge is 0.155 e. The van der Waals surface area contributed by atoms with E-state index in [1.807, 2.05) is 101 Å². The van der Waals surface area contributed by atoms with E-state index in [4.69, 9.17) is 0 Å². The van der Waals surface area contributed by atoms with Gasteiger partial charge in [-0.1, -0.05) is 89.2 Å². The first-order chi connectivity index (χ1) is 26.3. The van der Waals surface area contributed by atoms with Crippen LogP contribution in [-0.4, -0.2) is 20.9 Å². The third-order valence-corrected chi connectivity index (χ3v) is 10.2. The van der Waals surface area contributed by atoms with Crippen LogP contribution in [0, 0.1) is 51.1 Å². The van der Waals surface area contributed by atoms with Crippen LogP contribution in [0.3, 0.4) is 0 Å². The molecule has 7 rings (SSSR count). The summed E-state index contributed by atoms with van der Waals surface area (Å²) in [5.41, 5.74) is 10.7. The molecule has 7 aromatic rings. The van der Waals surface area contributed by atoms with Gasteiger partial charge in [0, 0.05) is 49.4 Å². The van der Waals surface area contributed by atoms with Crippen molar-refractivity contribution in [1.29, 1.82) is 0 Å². The molecule has 2 heterocycles. The molecule has 0 fully saturated rings. The number of rotatable bonds is 7. The monoisotopic (exact) mass is 921 g/mol. The predicted octanol–water partition coefficient (Wildman–Crippen LogP) is 13.3. The summed E-state index contributed by atoms with van der Waals surface area (Å²) < 4.78 is 14.5. The van der Waals surface area contributed by atoms with Gasteiger partial charge in [0.05, 0.1) is 0 Å². The predicted molar refractivity (Wildman–Crippen MR) is 226 cm³/mol. The minimum atomic E-state index is -0.230. The number of allylic oxidation sites excluding steroid dienone is 2. The topological polar surface area (TPSA) is 63.1 Å². The number of fused-ring (bicyclic) bond motifs is 3. The van der Waals surface area contributed by atoms with Gasteiger partial charge in [-0.2, -0.15) is 0 Å². The number of aliphatic hydroxyl groups is 1. The van der Waals surface area contributed by atoms with Gasteiger partial charge in [-0.15, -0.1) is 70.8 Å². The second-order valence-electron chi connectivity index (χ2n) is 14.3. The summed E-state index contributed by atoms with van der Waals surface area (Å²) in [4.78, 5) is 19.8. The van der Waals surface area contributed by atoms with Gasteiger partial charge in [-0.3, -0.25) is 4.79 Å². The van der Waals surface area contributed by atoms with Crippen LogP contribution >= 0.6 is 0 Å². The molecule has 0 aliphatic rings. The minimum absolute atomic E-state index is 0. The summed E-state index contributed by atoms with van der Waals surface area (Å²) in [7, 11) is 0. The number of aryl methyl sites for hydroxylation is 4. The first-order valence-electron chi connectivity index (χ1n) is 18.7. The Bertz CT molecular complexity index is 2410. The fourth-order valence-electron chi connectivity index (χ4n) is 6.73. The molecule has 0 aliphatic heterocycles. The summed E-state index contributed by atoms with van der Waals surface area (Å²) in [6.07, 6.45) is 6.74. The van der Waals surface area contributed by atoms with Crippen LogP contribution in [0.5, 0.6) is 0 Å². The zero-order valence-electron chi connectivity index (χ0n) is 33.4. The molecule has 0 unspecified atom stereocenters. The van der Waals surface area contributed by atoms with Gasteiger partial charge in [-0.25, -0.2) is 4.39 Å². The molecule has 0 bridgehead atoms. The van der Waals surface area contributed by atoms with E-state index in [2.05, 4.69) is 72.3 Å². The van der Waals surface area contributed by atoms with Gasteiger partial charge < -0.3 is 15.1 Å². The Labute approximate surface area is 344 Å². The number of aromatic nitrogens is 2. The van der Waals surface area contributed by atoms with E-state index < -0.39 is 0 Å². The maximum atomic E-state index is 14.5. The molecule has 0 spiro atoms. The van der Waals surface area contributed by atoms with Gasteiger partial charge in [0.15, 0.2) is 5.78 Å². The Balaban J connectivity index is 0.000000195. The number of pyridine rings is 2. The van der Waals surface area contributed by atoms with Crippen molar-refractivity contribution in [3.05, 3.63) is 168 Å². The summed E-state index contributed by atoms with van der Waals surface area (Å²) in [6.45, 7) is 15.8. The molecule has 0 aliphatic carbocycles. The van der Waals surface area contributed by atoms with E-state index in [0.29, 0.717) is 5.39 Å². The molecule has 2 aromatic heterocycles. The van der Waals surface area contributed by atoms with Crippen molar-refractivity contribution >= 4 is 27.3 Å². The van der Waals surface area contributed by atoms with Crippen molar-refractivity contribution in [2.24, 2.45) is 5.41 Å². The molecule has 1 radical (unpaired) electrons. The molecule has 0 saturated carbocycles. The average molecular weight is 921 g/mol. The van der Waals surface area contributed by atoms with Gasteiger partial charge in [0.25, 0.3) is 0 Å². The molecule has 4 nitrogen and oxygen atoms in total. The number of ketones is 1. The van der Waals surface area contributed by atoms with Gasteiger partial charge in [0.2, 0.25) is 0 Å². The third kappa shape index (κ3) is 10.3. The molecule has 56 heavy (non-hydrogen) atoms. The van der Waals surface area contributed by atoms with Gasteiger partial charge in [-0.05, 0) is 95.5 Å². The number of carbonyl (C=O) groups is 1. The van der Waals surface area contributed by atoms with E-state index >= 15 is 0 Å². The number of aliphatic hydroxyl groups excluding tert-OH is 1. The molecular formula is C50H49FIrN2O2-2. The number of carbonyl (C=O) groups excluding carboxylic acids is 1. The molecule has 1 N–H and O–H groups in total. The molecule has 0 amide bonds. The van der Waals surface area contributed by atoms with Crippen LogP contribution in [-0.2, 0) is 24.9 Å². The zero-order chi connectivity index (χ0) is 39.7. The number of hydrogen-bond acceptors (Lipinski definition) is 4. The molecule has 6 heteroatoms. The van der Waals surface area contributed by atoms with Crippen molar-refractivity contribution in [2.75, 3.05) is 0 Å². The minimum Gasteiger partial charge on any atom is -0.512 e. The standard InChI is InChI=1S/C21H15FN.C19H16N.C10H18O2.Ir/c1-13-9-14(2)11-15(10-13)21-19-12-20(22)18-6-4-3-5-16(18)17(19)7-8-23-21;1-14-7-6-8-15(2)19(14)17-11-12-18(20-13-17)16-9-4-3-5-10-16;1-5-10(4,6-2)9(12)7-8(3)11;/h3-10,12H,1-2H3;3-9,11-13H,1-2H3;7,12H,5-6H2,1-4H3;/q2*-1;;/b;;9-7-;. The fourth-order valence-corrected chi connectivity index (χ4v) is 6.73. The van der Waals surface area contributed by atoms with Crippen molar-refractivity contribution < 1.29 is 34.4 Å².